The van der Waals surface area contributed by atoms with Gasteiger partial charge in [-0.3, -0.25) is 14.9 Å². The number of anilines is 1. The summed E-state index contributed by atoms with van der Waals surface area (Å²) >= 11 is 0. The van der Waals surface area contributed by atoms with Crippen LogP contribution in [0.15, 0.2) is 48.8 Å². The van der Waals surface area contributed by atoms with E-state index in [-0.39, 0.29) is 12.3 Å². The van der Waals surface area contributed by atoms with E-state index in [1.54, 1.807) is 12.4 Å². The second kappa shape index (κ2) is 6.83. The van der Waals surface area contributed by atoms with Crippen molar-refractivity contribution < 1.29 is 4.79 Å². The molecule has 6 heteroatoms. The van der Waals surface area contributed by atoms with Gasteiger partial charge in [0.15, 0.2) is 5.82 Å². The molecule has 0 radical (unpaired) electrons. The lowest BCUT2D eigenvalue weighted by molar-refractivity contribution is -0.115. The van der Waals surface area contributed by atoms with Gasteiger partial charge in [-0.25, -0.2) is 4.98 Å². The predicted octanol–water partition coefficient (Wildman–Crippen LogP) is 2.61. The van der Waals surface area contributed by atoms with Gasteiger partial charge in [0.2, 0.25) is 5.91 Å². The first-order chi connectivity index (χ1) is 11.2. The van der Waals surface area contributed by atoms with Gasteiger partial charge in [-0.15, -0.1) is 0 Å². The average molecular weight is 307 g/mol. The van der Waals surface area contributed by atoms with E-state index in [4.69, 9.17) is 0 Å². The fourth-order valence-electron chi connectivity index (χ4n) is 2.22. The van der Waals surface area contributed by atoms with Crippen molar-refractivity contribution in [1.82, 2.24) is 20.2 Å². The molecule has 3 rings (SSSR count). The topological polar surface area (TPSA) is 83.6 Å². The summed E-state index contributed by atoms with van der Waals surface area (Å²) in [6.45, 7) is 2.08. The van der Waals surface area contributed by atoms with Crippen LogP contribution in [0.3, 0.4) is 0 Å². The first-order valence-electron chi connectivity index (χ1n) is 7.45. The fraction of sp³-hybridized carbons (Fsp3) is 0.176. The lowest BCUT2D eigenvalue weighted by Crippen LogP contribution is -2.15. The van der Waals surface area contributed by atoms with Gasteiger partial charge in [-0.1, -0.05) is 19.1 Å². The molecule has 6 nitrogen and oxygen atoms in total. The van der Waals surface area contributed by atoms with Crippen molar-refractivity contribution in [3.8, 4) is 11.4 Å². The summed E-state index contributed by atoms with van der Waals surface area (Å²) in [6, 6.07) is 11.5. The highest BCUT2D eigenvalue weighted by molar-refractivity contribution is 5.91. The van der Waals surface area contributed by atoms with Gasteiger partial charge in [-0.05, 0) is 36.2 Å². The zero-order chi connectivity index (χ0) is 16.1. The monoisotopic (exact) mass is 307 g/mol. The van der Waals surface area contributed by atoms with Gasteiger partial charge in [0.05, 0.1) is 6.42 Å². The molecule has 23 heavy (non-hydrogen) atoms. The number of aromatic nitrogens is 4. The van der Waals surface area contributed by atoms with Gasteiger partial charge < -0.3 is 5.32 Å². The molecule has 0 unspecified atom stereocenters. The van der Waals surface area contributed by atoms with Crippen LogP contribution in [0, 0.1) is 0 Å². The van der Waals surface area contributed by atoms with Crippen LogP contribution in [-0.4, -0.2) is 26.1 Å². The summed E-state index contributed by atoms with van der Waals surface area (Å²) in [5.74, 6) is 0.925. The first kappa shape index (κ1) is 14.9. The number of nitrogens with zero attached hydrogens (tertiary/aromatic N) is 3. The maximum Gasteiger partial charge on any atom is 0.232 e. The molecule has 116 valence electrons. The summed E-state index contributed by atoms with van der Waals surface area (Å²) < 4.78 is 0. The van der Waals surface area contributed by atoms with Gasteiger partial charge >= 0.3 is 0 Å². The summed E-state index contributed by atoms with van der Waals surface area (Å²) in [5, 5.41) is 9.79. The average Bonchev–Trinajstić information content (AvgIpc) is 3.04. The lowest BCUT2D eigenvalue weighted by atomic mass is 10.1. The highest BCUT2D eigenvalue weighted by Gasteiger charge is 2.10. The molecule has 0 aliphatic carbocycles. The first-order valence-corrected chi connectivity index (χ1v) is 7.45. The van der Waals surface area contributed by atoms with Crippen LogP contribution in [0.25, 0.3) is 11.4 Å². The number of H-pyrrole nitrogens is 1. The largest absolute Gasteiger partial charge is 0.326 e. The van der Waals surface area contributed by atoms with Crippen molar-refractivity contribution in [1.29, 1.82) is 0 Å². The van der Waals surface area contributed by atoms with Crippen molar-refractivity contribution in [2.24, 2.45) is 0 Å². The Morgan fingerprint density at radius 2 is 2.17 bits per heavy atom. The summed E-state index contributed by atoms with van der Waals surface area (Å²) in [7, 11) is 0. The number of carbonyl (C=O) groups is 1. The van der Waals surface area contributed by atoms with E-state index in [1.165, 1.54) is 5.56 Å². The molecule has 1 aromatic carbocycles. The Bertz CT molecular complexity index is 798. The third-order valence-corrected chi connectivity index (χ3v) is 3.40. The zero-order valence-electron chi connectivity index (χ0n) is 12.8. The molecule has 0 saturated heterocycles. The Morgan fingerprint density at radius 1 is 1.26 bits per heavy atom. The van der Waals surface area contributed by atoms with E-state index in [2.05, 4.69) is 32.4 Å². The maximum atomic E-state index is 12.1. The van der Waals surface area contributed by atoms with E-state index in [1.807, 2.05) is 36.4 Å². The molecular weight excluding hydrogens is 290 g/mol. The number of benzene rings is 1. The Hall–Kier alpha value is -3.02. The Labute approximate surface area is 134 Å². The van der Waals surface area contributed by atoms with Crippen LogP contribution < -0.4 is 5.32 Å². The van der Waals surface area contributed by atoms with Crippen molar-refractivity contribution >= 4 is 11.6 Å². The van der Waals surface area contributed by atoms with Crippen LogP contribution in [0.4, 0.5) is 5.69 Å². The molecule has 0 spiro atoms. The van der Waals surface area contributed by atoms with Gasteiger partial charge in [-0.2, -0.15) is 5.10 Å². The van der Waals surface area contributed by atoms with E-state index in [0.29, 0.717) is 11.6 Å². The normalized spacial score (nSPS) is 10.5. The minimum absolute atomic E-state index is 0.132. The lowest BCUT2D eigenvalue weighted by Gasteiger charge is -2.05. The quantitative estimate of drug-likeness (QED) is 0.759. The van der Waals surface area contributed by atoms with Crippen LogP contribution in [0.2, 0.25) is 0 Å². The van der Waals surface area contributed by atoms with Crippen LogP contribution in [0.5, 0.6) is 0 Å². The molecular formula is C17H17N5O. The summed E-state index contributed by atoms with van der Waals surface area (Å²) in [5.41, 5.74) is 2.79. The Kier molecular flexibility index (Phi) is 4.42. The number of carbonyl (C=O) groups excluding carboxylic acids is 1. The zero-order valence-corrected chi connectivity index (χ0v) is 12.8. The molecule has 0 aliphatic heterocycles. The second-order valence-electron chi connectivity index (χ2n) is 5.13. The molecule has 2 aromatic heterocycles. The van der Waals surface area contributed by atoms with Crippen LogP contribution >= 0.6 is 0 Å². The number of hydrogen-bond donors (Lipinski definition) is 2. The van der Waals surface area contributed by atoms with E-state index >= 15 is 0 Å². The third kappa shape index (κ3) is 3.79. The second-order valence-corrected chi connectivity index (χ2v) is 5.13. The fourth-order valence-corrected chi connectivity index (χ4v) is 2.22. The SMILES string of the molecule is CCc1cccc(NC(=O)Cc2nc(-c3cccnc3)n[nH]2)c1. The number of amides is 1. The number of rotatable bonds is 5. The number of hydrogen-bond acceptors (Lipinski definition) is 4. The number of pyridine rings is 1. The van der Waals surface area contributed by atoms with Crippen molar-refractivity contribution in [3.05, 3.63) is 60.2 Å². The van der Waals surface area contributed by atoms with Gasteiger partial charge in [0, 0.05) is 23.6 Å². The predicted molar refractivity (Wildman–Crippen MR) is 87.8 cm³/mol. The highest BCUT2D eigenvalue weighted by Crippen LogP contribution is 2.13. The van der Waals surface area contributed by atoms with E-state index < -0.39 is 0 Å². The maximum absolute atomic E-state index is 12.1. The molecule has 3 aromatic rings. The molecule has 2 N–H and O–H groups in total. The van der Waals surface area contributed by atoms with Crippen molar-refractivity contribution in [2.45, 2.75) is 19.8 Å². The minimum atomic E-state index is -0.132. The van der Waals surface area contributed by atoms with E-state index in [9.17, 15) is 4.79 Å². The van der Waals surface area contributed by atoms with Crippen LogP contribution in [0.1, 0.15) is 18.3 Å². The van der Waals surface area contributed by atoms with Crippen LogP contribution in [-0.2, 0) is 17.6 Å². The standard InChI is InChI=1S/C17H17N5O/c1-2-12-5-3-7-14(9-12)19-16(23)10-15-20-17(22-21-15)13-6-4-8-18-11-13/h3-9,11H,2,10H2,1H3,(H,19,23)(H,20,21,22). The number of nitrogens with one attached hydrogen (secondary N) is 2. The number of aromatic amines is 1. The summed E-state index contributed by atoms with van der Waals surface area (Å²) in [4.78, 5) is 20.5. The smallest absolute Gasteiger partial charge is 0.232 e. The molecule has 0 fully saturated rings. The summed E-state index contributed by atoms with van der Waals surface area (Å²) in [6.07, 6.45) is 4.45. The molecule has 0 saturated carbocycles. The highest BCUT2D eigenvalue weighted by atomic mass is 16.1. The molecule has 0 aliphatic rings. The van der Waals surface area contributed by atoms with Gasteiger partial charge in [0.1, 0.15) is 5.82 Å². The van der Waals surface area contributed by atoms with E-state index in [0.717, 1.165) is 17.7 Å². The van der Waals surface area contributed by atoms with Crippen molar-refractivity contribution in [3.63, 3.8) is 0 Å². The number of aryl methyl sites for hydroxylation is 1. The molecule has 0 bridgehead atoms. The van der Waals surface area contributed by atoms with Gasteiger partial charge in [0.25, 0.3) is 0 Å². The van der Waals surface area contributed by atoms with Crippen molar-refractivity contribution in [2.75, 3.05) is 5.32 Å². The molecule has 2 heterocycles. The minimum Gasteiger partial charge on any atom is -0.326 e. The Balaban J connectivity index is 1.65. The molecule has 1 amide bonds. The molecule has 0 atom stereocenters. The Morgan fingerprint density at radius 3 is 2.96 bits per heavy atom. The third-order valence-electron chi connectivity index (χ3n) is 3.40.